The number of phenols is 1. The van der Waals surface area contributed by atoms with Crippen molar-refractivity contribution in [2.75, 3.05) is 13.2 Å². The van der Waals surface area contributed by atoms with Gasteiger partial charge in [-0.1, -0.05) is 17.7 Å². The standard InChI is InChI=1S/C7H8O.C3H5NO/c1-6-2-4-7(8)5-3-6;1-2-5-3-4-1/h2-5,8H,1H3;3H,1-2H2. The van der Waals surface area contributed by atoms with Crippen LogP contribution in [-0.4, -0.2) is 24.7 Å². The van der Waals surface area contributed by atoms with Gasteiger partial charge in [0.15, 0.2) is 6.40 Å². The van der Waals surface area contributed by atoms with Crippen LogP contribution >= 0.6 is 0 Å². The van der Waals surface area contributed by atoms with E-state index < -0.39 is 0 Å². The summed E-state index contributed by atoms with van der Waals surface area (Å²) in [4.78, 5) is 3.74. The number of rotatable bonds is 0. The van der Waals surface area contributed by atoms with Gasteiger partial charge in [-0.25, -0.2) is 0 Å². The molecule has 0 saturated heterocycles. The van der Waals surface area contributed by atoms with Crippen molar-refractivity contribution < 1.29 is 9.84 Å². The van der Waals surface area contributed by atoms with E-state index in [4.69, 9.17) is 5.11 Å². The van der Waals surface area contributed by atoms with Crippen molar-refractivity contribution in [1.82, 2.24) is 0 Å². The Morgan fingerprint density at radius 1 is 1.31 bits per heavy atom. The van der Waals surface area contributed by atoms with Gasteiger partial charge in [0.1, 0.15) is 12.4 Å². The summed E-state index contributed by atoms with van der Waals surface area (Å²) in [5.74, 6) is 0.329. The van der Waals surface area contributed by atoms with Crippen LogP contribution in [0.4, 0.5) is 0 Å². The molecule has 1 aromatic carbocycles. The van der Waals surface area contributed by atoms with Crippen LogP contribution in [-0.2, 0) is 4.74 Å². The number of aryl methyl sites for hydroxylation is 1. The van der Waals surface area contributed by atoms with E-state index in [0.29, 0.717) is 5.75 Å². The molecule has 0 amide bonds. The topological polar surface area (TPSA) is 41.8 Å². The van der Waals surface area contributed by atoms with Gasteiger partial charge in [-0.3, -0.25) is 4.99 Å². The maximum Gasteiger partial charge on any atom is 0.169 e. The number of aliphatic imine (C=N–C) groups is 1. The highest BCUT2D eigenvalue weighted by atomic mass is 16.5. The van der Waals surface area contributed by atoms with E-state index in [-0.39, 0.29) is 0 Å². The SMILES string of the molecule is C1=NCCO1.Cc1ccc(O)cc1. The maximum atomic E-state index is 8.76. The Labute approximate surface area is 77.7 Å². The van der Waals surface area contributed by atoms with Gasteiger partial charge < -0.3 is 9.84 Å². The van der Waals surface area contributed by atoms with E-state index in [9.17, 15) is 0 Å². The van der Waals surface area contributed by atoms with Gasteiger partial charge >= 0.3 is 0 Å². The quantitative estimate of drug-likeness (QED) is 0.659. The van der Waals surface area contributed by atoms with Crippen LogP contribution in [0.3, 0.4) is 0 Å². The molecule has 1 aliphatic heterocycles. The van der Waals surface area contributed by atoms with Crippen LogP contribution in [0, 0.1) is 6.92 Å². The van der Waals surface area contributed by atoms with Crippen molar-refractivity contribution in [2.24, 2.45) is 4.99 Å². The zero-order chi connectivity index (χ0) is 9.52. The Bertz CT molecular complexity index is 240. The summed E-state index contributed by atoms with van der Waals surface area (Å²) in [6, 6.07) is 7.09. The summed E-state index contributed by atoms with van der Waals surface area (Å²) in [5.41, 5.74) is 1.17. The largest absolute Gasteiger partial charge is 0.508 e. The zero-order valence-corrected chi connectivity index (χ0v) is 7.60. The molecule has 1 heterocycles. The molecule has 0 radical (unpaired) electrons. The number of benzene rings is 1. The summed E-state index contributed by atoms with van der Waals surface area (Å²) < 4.78 is 4.65. The van der Waals surface area contributed by atoms with E-state index >= 15 is 0 Å². The molecule has 3 nitrogen and oxygen atoms in total. The predicted octanol–water partition coefficient (Wildman–Crippen LogP) is 1.75. The van der Waals surface area contributed by atoms with Crippen LogP contribution < -0.4 is 0 Å². The second-order valence-corrected chi connectivity index (χ2v) is 2.72. The molecular weight excluding hydrogens is 166 g/mol. The van der Waals surface area contributed by atoms with Crippen LogP contribution in [0.5, 0.6) is 5.75 Å². The van der Waals surface area contributed by atoms with E-state index in [2.05, 4.69) is 9.73 Å². The highest BCUT2D eigenvalue weighted by molar-refractivity contribution is 5.47. The van der Waals surface area contributed by atoms with Crippen LogP contribution in [0.25, 0.3) is 0 Å². The van der Waals surface area contributed by atoms with Crippen molar-refractivity contribution in [2.45, 2.75) is 6.92 Å². The van der Waals surface area contributed by atoms with Gasteiger partial charge in [-0.05, 0) is 19.1 Å². The second kappa shape index (κ2) is 5.19. The molecule has 2 rings (SSSR count). The number of phenolic OH excluding ortho intramolecular Hbond substituents is 1. The number of hydrogen-bond acceptors (Lipinski definition) is 3. The smallest absolute Gasteiger partial charge is 0.169 e. The van der Waals surface area contributed by atoms with Gasteiger partial charge in [-0.2, -0.15) is 0 Å². The summed E-state index contributed by atoms with van der Waals surface area (Å²) >= 11 is 0. The number of aromatic hydroxyl groups is 1. The lowest BCUT2D eigenvalue weighted by atomic mass is 10.2. The highest BCUT2D eigenvalue weighted by Crippen LogP contribution is 2.07. The fourth-order valence-electron chi connectivity index (χ4n) is 0.808. The van der Waals surface area contributed by atoms with Crippen LogP contribution in [0.15, 0.2) is 29.3 Å². The molecular formula is C10H13NO2. The van der Waals surface area contributed by atoms with Crippen molar-refractivity contribution in [3.63, 3.8) is 0 Å². The molecule has 0 saturated carbocycles. The minimum atomic E-state index is 0.329. The van der Waals surface area contributed by atoms with Crippen molar-refractivity contribution in [1.29, 1.82) is 0 Å². The van der Waals surface area contributed by atoms with Gasteiger partial charge in [0.05, 0.1) is 6.54 Å². The number of hydrogen-bond donors (Lipinski definition) is 1. The molecule has 0 bridgehead atoms. The van der Waals surface area contributed by atoms with Crippen molar-refractivity contribution in [3.05, 3.63) is 29.8 Å². The summed E-state index contributed by atoms with van der Waals surface area (Å²) in [6.45, 7) is 3.61. The molecule has 13 heavy (non-hydrogen) atoms. The van der Waals surface area contributed by atoms with E-state index in [1.54, 1.807) is 12.1 Å². The van der Waals surface area contributed by atoms with Gasteiger partial charge in [0, 0.05) is 0 Å². The normalized spacial score (nSPS) is 13.0. The average molecular weight is 179 g/mol. The van der Waals surface area contributed by atoms with Crippen LogP contribution in [0.2, 0.25) is 0 Å². The Morgan fingerprint density at radius 2 is 2.00 bits per heavy atom. The van der Waals surface area contributed by atoms with E-state index in [0.717, 1.165) is 13.2 Å². The second-order valence-electron chi connectivity index (χ2n) is 2.72. The molecule has 1 aromatic rings. The Balaban J connectivity index is 0.000000145. The summed E-state index contributed by atoms with van der Waals surface area (Å²) in [6.07, 6.45) is 1.49. The molecule has 1 N–H and O–H groups in total. The minimum Gasteiger partial charge on any atom is -0.508 e. The predicted molar refractivity (Wildman–Crippen MR) is 52.2 cm³/mol. The van der Waals surface area contributed by atoms with Crippen molar-refractivity contribution >= 4 is 6.40 Å². The summed E-state index contributed by atoms with van der Waals surface area (Å²) in [5, 5.41) is 8.76. The molecule has 0 fully saturated rings. The molecule has 0 aliphatic carbocycles. The first kappa shape index (κ1) is 9.58. The minimum absolute atomic E-state index is 0.329. The van der Waals surface area contributed by atoms with Gasteiger partial charge in [-0.15, -0.1) is 0 Å². The van der Waals surface area contributed by atoms with Gasteiger partial charge in [0.2, 0.25) is 0 Å². The fourth-order valence-corrected chi connectivity index (χ4v) is 0.808. The maximum absolute atomic E-state index is 8.76. The molecule has 1 aliphatic rings. The fraction of sp³-hybridized carbons (Fsp3) is 0.300. The average Bonchev–Trinajstić information content (AvgIpc) is 2.68. The van der Waals surface area contributed by atoms with Crippen LogP contribution in [0.1, 0.15) is 5.56 Å². The Kier molecular flexibility index (Phi) is 3.82. The first-order chi connectivity index (χ1) is 6.29. The number of nitrogens with zero attached hydrogens (tertiary/aromatic N) is 1. The van der Waals surface area contributed by atoms with Crippen molar-refractivity contribution in [3.8, 4) is 5.75 Å². The third kappa shape index (κ3) is 4.15. The molecule has 0 unspecified atom stereocenters. The van der Waals surface area contributed by atoms with E-state index in [1.165, 1.54) is 12.0 Å². The zero-order valence-electron chi connectivity index (χ0n) is 7.60. The lowest BCUT2D eigenvalue weighted by molar-refractivity contribution is 0.361. The molecule has 0 spiro atoms. The molecule has 0 aromatic heterocycles. The summed E-state index contributed by atoms with van der Waals surface area (Å²) in [7, 11) is 0. The van der Waals surface area contributed by atoms with Gasteiger partial charge in [0.25, 0.3) is 0 Å². The molecule has 3 heteroatoms. The number of ether oxygens (including phenoxy) is 1. The lowest BCUT2D eigenvalue weighted by Crippen LogP contribution is -1.80. The Morgan fingerprint density at radius 3 is 2.31 bits per heavy atom. The Hall–Kier alpha value is -1.51. The monoisotopic (exact) mass is 179 g/mol. The lowest BCUT2D eigenvalue weighted by Gasteiger charge is -1.89. The first-order valence-corrected chi connectivity index (χ1v) is 4.14. The van der Waals surface area contributed by atoms with E-state index in [1.807, 2.05) is 19.1 Å². The third-order valence-electron chi connectivity index (χ3n) is 1.52. The third-order valence-corrected chi connectivity index (χ3v) is 1.52. The molecule has 0 atom stereocenters. The first-order valence-electron chi connectivity index (χ1n) is 4.14. The molecule has 70 valence electrons. The highest BCUT2D eigenvalue weighted by Gasteiger charge is 1.84.